The number of benzene rings is 3. The molecule has 41 heavy (non-hydrogen) atoms. The van der Waals surface area contributed by atoms with Crippen LogP contribution in [-0.2, 0) is 19.8 Å². The average molecular weight is 554 g/mol. The summed E-state index contributed by atoms with van der Waals surface area (Å²) in [6.07, 6.45) is -1.19. The quantitative estimate of drug-likeness (QED) is 0.311. The van der Waals surface area contributed by atoms with E-state index in [1.807, 2.05) is 6.07 Å². The van der Waals surface area contributed by atoms with Gasteiger partial charge in [0, 0.05) is 29.5 Å². The standard InChI is InChI=1S/C30H22F3N7O/c1-39-17-36-38-27(39)22-6-5-18(15-35)11-24(22)19-12-20(37-29(7-8-29)9-10-34)14-21(13-19)40-16-25-23(28(40)41)3-2-4-26(25)30(31,32)33/h2-6,11-14,17,37H,7-9,16H2,1H3. The number of aromatic nitrogens is 3. The van der Waals surface area contributed by atoms with Crippen LogP contribution in [0.4, 0.5) is 24.5 Å². The lowest BCUT2D eigenvalue weighted by atomic mass is 9.95. The van der Waals surface area contributed by atoms with Crippen LogP contribution in [0.15, 0.2) is 60.9 Å². The molecule has 0 bridgehead atoms. The SMILES string of the molecule is Cn1cnnc1-c1ccc(C#N)cc1-c1cc(NC2(CC#N)CC2)cc(N2Cc3c(cccc3C(F)(F)F)C2=O)c1. The lowest BCUT2D eigenvalue weighted by Crippen LogP contribution is -2.24. The molecule has 0 radical (unpaired) electrons. The summed E-state index contributed by atoms with van der Waals surface area (Å²) in [4.78, 5) is 14.8. The molecule has 0 saturated heterocycles. The number of alkyl halides is 3. The topological polar surface area (TPSA) is 111 Å². The Balaban J connectivity index is 1.51. The third-order valence-electron chi connectivity index (χ3n) is 7.60. The molecule has 204 valence electrons. The molecular weight excluding hydrogens is 531 g/mol. The van der Waals surface area contributed by atoms with Crippen LogP contribution < -0.4 is 10.2 Å². The Hall–Kier alpha value is -5.16. The highest BCUT2D eigenvalue weighted by molar-refractivity contribution is 6.11. The third-order valence-corrected chi connectivity index (χ3v) is 7.60. The van der Waals surface area contributed by atoms with Gasteiger partial charge in [-0.3, -0.25) is 4.79 Å². The van der Waals surface area contributed by atoms with Crippen LogP contribution in [0, 0.1) is 22.7 Å². The highest BCUT2D eigenvalue weighted by Crippen LogP contribution is 2.45. The maximum Gasteiger partial charge on any atom is 0.416 e. The smallest absolute Gasteiger partial charge is 0.378 e. The molecule has 8 nitrogen and oxygen atoms in total. The molecule has 6 rings (SSSR count). The van der Waals surface area contributed by atoms with Crippen molar-refractivity contribution in [1.82, 2.24) is 14.8 Å². The van der Waals surface area contributed by atoms with Crippen molar-refractivity contribution >= 4 is 17.3 Å². The van der Waals surface area contributed by atoms with Crippen molar-refractivity contribution in [2.24, 2.45) is 7.05 Å². The van der Waals surface area contributed by atoms with Gasteiger partial charge < -0.3 is 14.8 Å². The molecule has 2 aliphatic rings. The summed E-state index contributed by atoms with van der Waals surface area (Å²) in [6, 6.07) is 18.4. The zero-order valence-corrected chi connectivity index (χ0v) is 21.8. The number of nitrogens with zero attached hydrogens (tertiary/aromatic N) is 6. The predicted molar refractivity (Wildman–Crippen MR) is 144 cm³/mol. The van der Waals surface area contributed by atoms with Gasteiger partial charge in [-0.1, -0.05) is 6.07 Å². The van der Waals surface area contributed by atoms with E-state index < -0.39 is 23.2 Å². The Morgan fingerprint density at radius 1 is 1.05 bits per heavy atom. The van der Waals surface area contributed by atoms with Crippen molar-refractivity contribution in [3.8, 4) is 34.7 Å². The lowest BCUT2D eigenvalue weighted by molar-refractivity contribution is -0.138. The second kappa shape index (κ2) is 9.49. The highest BCUT2D eigenvalue weighted by Gasteiger charge is 2.43. The van der Waals surface area contributed by atoms with Gasteiger partial charge in [0.15, 0.2) is 5.82 Å². The fourth-order valence-corrected chi connectivity index (χ4v) is 5.33. The van der Waals surface area contributed by atoms with Gasteiger partial charge in [0.05, 0.1) is 41.8 Å². The Kier molecular flexibility index (Phi) is 6.04. The molecule has 1 aromatic heterocycles. The number of fused-ring (bicyclic) bond motifs is 1. The zero-order valence-electron chi connectivity index (χ0n) is 21.8. The maximum atomic E-state index is 13.8. The third kappa shape index (κ3) is 4.66. The van der Waals surface area contributed by atoms with E-state index in [2.05, 4.69) is 27.7 Å². The van der Waals surface area contributed by atoms with Gasteiger partial charge in [0.2, 0.25) is 0 Å². The number of nitriles is 2. The van der Waals surface area contributed by atoms with Crippen molar-refractivity contribution in [3.05, 3.63) is 83.2 Å². The van der Waals surface area contributed by atoms with Gasteiger partial charge in [0.25, 0.3) is 5.91 Å². The maximum absolute atomic E-state index is 13.8. The number of hydrogen-bond donors (Lipinski definition) is 1. The van der Waals surface area contributed by atoms with E-state index in [-0.39, 0.29) is 24.1 Å². The summed E-state index contributed by atoms with van der Waals surface area (Å²) in [5, 5.41) is 30.6. The molecule has 4 aromatic rings. The molecule has 11 heteroatoms. The van der Waals surface area contributed by atoms with E-state index in [1.54, 1.807) is 48.3 Å². The van der Waals surface area contributed by atoms with Crippen LogP contribution >= 0.6 is 0 Å². The molecule has 3 aromatic carbocycles. The number of nitrogens with one attached hydrogen (secondary N) is 1. The van der Waals surface area contributed by atoms with Crippen LogP contribution in [0.25, 0.3) is 22.5 Å². The van der Waals surface area contributed by atoms with Crippen LogP contribution in [0.3, 0.4) is 0 Å². The minimum atomic E-state index is -4.60. The fourth-order valence-electron chi connectivity index (χ4n) is 5.33. The lowest BCUT2D eigenvalue weighted by Gasteiger charge is -2.22. The largest absolute Gasteiger partial charge is 0.416 e. The number of rotatable bonds is 6. The highest BCUT2D eigenvalue weighted by atomic mass is 19.4. The molecular formula is C30H22F3N7O. The minimum Gasteiger partial charge on any atom is -0.378 e. The molecule has 1 aliphatic carbocycles. The van der Waals surface area contributed by atoms with E-state index in [0.29, 0.717) is 39.5 Å². The molecule has 1 amide bonds. The second-order valence-electron chi connectivity index (χ2n) is 10.4. The van der Waals surface area contributed by atoms with Crippen molar-refractivity contribution in [3.63, 3.8) is 0 Å². The summed E-state index contributed by atoms with van der Waals surface area (Å²) in [6.45, 7) is -0.246. The van der Waals surface area contributed by atoms with E-state index >= 15 is 0 Å². The number of amides is 1. The molecule has 1 saturated carbocycles. The summed E-state index contributed by atoms with van der Waals surface area (Å²) >= 11 is 0. The minimum absolute atomic E-state index is 0.00846. The first kappa shape index (κ1) is 26.1. The van der Waals surface area contributed by atoms with E-state index in [1.165, 1.54) is 17.0 Å². The zero-order chi connectivity index (χ0) is 28.9. The van der Waals surface area contributed by atoms with E-state index in [4.69, 9.17) is 0 Å². The molecule has 1 aliphatic heterocycles. The van der Waals surface area contributed by atoms with Gasteiger partial charge in [-0.25, -0.2) is 0 Å². The first-order valence-corrected chi connectivity index (χ1v) is 12.8. The van der Waals surface area contributed by atoms with Crippen LogP contribution in [0.5, 0.6) is 0 Å². The molecule has 1 fully saturated rings. The van der Waals surface area contributed by atoms with Crippen molar-refractivity contribution in [1.29, 1.82) is 10.5 Å². The van der Waals surface area contributed by atoms with Crippen LogP contribution in [0.2, 0.25) is 0 Å². The van der Waals surface area contributed by atoms with Crippen molar-refractivity contribution in [2.45, 2.75) is 37.5 Å². The number of aryl methyl sites for hydroxylation is 1. The molecule has 0 unspecified atom stereocenters. The molecule has 2 heterocycles. The fraction of sp³-hybridized carbons (Fsp3) is 0.233. The summed E-state index contributed by atoms with van der Waals surface area (Å²) in [7, 11) is 1.79. The van der Waals surface area contributed by atoms with E-state index in [9.17, 15) is 28.5 Å². The van der Waals surface area contributed by atoms with Crippen molar-refractivity contribution < 1.29 is 18.0 Å². The molecule has 0 atom stereocenters. The van der Waals surface area contributed by atoms with Gasteiger partial charge in [0.1, 0.15) is 6.33 Å². The Morgan fingerprint density at radius 2 is 1.85 bits per heavy atom. The molecule has 1 N–H and O–H groups in total. The number of halogens is 3. The molecule has 0 spiro atoms. The van der Waals surface area contributed by atoms with Gasteiger partial charge in [-0.2, -0.15) is 23.7 Å². The monoisotopic (exact) mass is 553 g/mol. The Labute approximate surface area is 233 Å². The summed E-state index contributed by atoms with van der Waals surface area (Å²) in [5.41, 5.74) is 2.02. The van der Waals surface area contributed by atoms with Crippen LogP contribution in [0.1, 0.15) is 46.3 Å². The Bertz CT molecular complexity index is 1790. The summed E-state index contributed by atoms with van der Waals surface area (Å²) < 4.78 is 43.1. The predicted octanol–water partition coefficient (Wildman–Crippen LogP) is 6.06. The summed E-state index contributed by atoms with van der Waals surface area (Å²) in [5.74, 6) is 0.0127. The number of carbonyl (C=O) groups excluding carboxylic acids is 1. The first-order valence-electron chi connectivity index (χ1n) is 12.8. The normalized spacial score (nSPS) is 15.3. The number of hydrogen-bond acceptors (Lipinski definition) is 6. The average Bonchev–Trinajstić information content (AvgIpc) is 3.41. The van der Waals surface area contributed by atoms with Crippen molar-refractivity contribution in [2.75, 3.05) is 10.2 Å². The number of anilines is 2. The Morgan fingerprint density at radius 3 is 2.51 bits per heavy atom. The van der Waals surface area contributed by atoms with Gasteiger partial charge in [-0.15, -0.1) is 10.2 Å². The van der Waals surface area contributed by atoms with Crippen LogP contribution in [-0.4, -0.2) is 26.2 Å². The van der Waals surface area contributed by atoms with Gasteiger partial charge >= 0.3 is 6.18 Å². The van der Waals surface area contributed by atoms with E-state index in [0.717, 1.165) is 18.9 Å². The number of carbonyl (C=O) groups is 1. The second-order valence-corrected chi connectivity index (χ2v) is 10.4. The first-order chi connectivity index (χ1) is 19.6. The van der Waals surface area contributed by atoms with Gasteiger partial charge in [-0.05, 0) is 78.1 Å².